The zero-order chi connectivity index (χ0) is 23.5. The molecule has 1 atom stereocenters. The minimum absolute atomic E-state index is 0.239. The van der Waals surface area contributed by atoms with E-state index in [0.29, 0.717) is 33.7 Å². The lowest BCUT2D eigenvalue weighted by atomic mass is 10.1. The van der Waals surface area contributed by atoms with Crippen LogP contribution in [0.1, 0.15) is 22.0 Å². The summed E-state index contributed by atoms with van der Waals surface area (Å²) in [7, 11) is 3.13. The summed E-state index contributed by atoms with van der Waals surface area (Å²) in [6.07, 6.45) is 1.64. The second-order valence-electron chi connectivity index (χ2n) is 7.23. The number of hydrogen-bond acceptors (Lipinski definition) is 7. The van der Waals surface area contributed by atoms with Crippen molar-refractivity contribution in [3.63, 3.8) is 0 Å². The third kappa shape index (κ3) is 4.41. The van der Waals surface area contributed by atoms with Gasteiger partial charge in [-0.05, 0) is 29.8 Å². The number of pyridine rings is 1. The maximum atomic E-state index is 12.1. The molecule has 33 heavy (non-hydrogen) atoms. The molecule has 4 aromatic rings. The average Bonchev–Trinajstić information content (AvgIpc) is 3.24. The summed E-state index contributed by atoms with van der Waals surface area (Å²) in [5.41, 5.74) is 14.2. The Balaban J connectivity index is 1.79. The molecule has 0 saturated heterocycles. The van der Waals surface area contributed by atoms with Crippen LogP contribution in [0.4, 0.5) is 5.82 Å². The lowest BCUT2D eigenvalue weighted by molar-refractivity contribution is 0.100. The molecule has 170 valence electrons. The van der Waals surface area contributed by atoms with Gasteiger partial charge < -0.3 is 26.3 Å². The number of carbonyl (C=O) groups excluding carboxylic acids is 1. The number of carbonyl (C=O) groups is 1. The van der Waals surface area contributed by atoms with Gasteiger partial charge in [0.05, 0.1) is 36.9 Å². The molecule has 9 nitrogen and oxygen atoms in total. The molecule has 0 bridgehead atoms. The van der Waals surface area contributed by atoms with Gasteiger partial charge in [0, 0.05) is 23.7 Å². The van der Waals surface area contributed by atoms with Crippen LogP contribution < -0.4 is 26.3 Å². The van der Waals surface area contributed by atoms with E-state index in [1.807, 2.05) is 24.3 Å². The highest BCUT2D eigenvalue weighted by Crippen LogP contribution is 2.33. The summed E-state index contributed by atoms with van der Waals surface area (Å²) in [6, 6.07) is 13.9. The van der Waals surface area contributed by atoms with E-state index >= 15 is 0 Å². The number of ether oxygens (including phenoxy) is 2. The lowest BCUT2D eigenvalue weighted by Crippen LogP contribution is -2.24. The van der Waals surface area contributed by atoms with E-state index in [9.17, 15) is 4.79 Å². The average molecular weight is 467 g/mol. The van der Waals surface area contributed by atoms with Crippen molar-refractivity contribution in [2.24, 2.45) is 11.5 Å². The predicted molar refractivity (Wildman–Crippen MR) is 127 cm³/mol. The Labute approximate surface area is 195 Å². The Bertz CT molecular complexity index is 1320. The van der Waals surface area contributed by atoms with Crippen LogP contribution in [0.2, 0.25) is 5.02 Å². The van der Waals surface area contributed by atoms with E-state index in [4.69, 9.17) is 32.5 Å². The number of rotatable bonds is 8. The molecule has 0 spiro atoms. The summed E-state index contributed by atoms with van der Waals surface area (Å²) in [6.45, 7) is 0.245. The number of halogens is 1. The molecule has 1 unspecified atom stereocenters. The molecular formula is C23H23ClN6O3. The van der Waals surface area contributed by atoms with Crippen LogP contribution in [-0.4, -0.2) is 41.2 Å². The van der Waals surface area contributed by atoms with Crippen LogP contribution in [0.5, 0.6) is 11.5 Å². The van der Waals surface area contributed by atoms with Crippen molar-refractivity contribution in [2.75, 3.05) is 26.1 Å². The van der Waals surface area contributed by atoms with Crippen molar-refractivity contribution in [1.29, 1.82) is 0 Å². The molecule has 5 N–H and O–H groups in total. The van der Waals surface area contributed by atoms with E-state index in [0.717, 1.165) is 11.1 Å². The largest absolute Gasteiger partial charge is 0.493 e. The Morgan fingerprint density at radius 3 is 2.58 bits per heavy atom. The molecule has 2 heterocycles. The number of benzene rings is 2. The molecule has 0 fully saturated rings. The van der Waals surface area contributed by atoms with E-state index in [-0.39, 0.29) is 18.2 Å². The van der Waals surface area contributed by atoms with Gasteiger partial charge >= 0.3 is 0 Å². The highest BCUT2D eigenvalue weighted by Gasteiger charge is 2.18. The SMILES string of the molecule is COc1cc2ncn(-c3ccc(C(N)=O)c(NC(CN)c4cccc(Cl)c4)n3)c2cc1OC. The Kier molecular flexibility index (Phi) is 6.34. The summed E-state index contributed by atoms with van der Waals surface area (Å²) in [5.74, 6) is 1.35. The van der Waals surface area contributed by atoms with Gasteiger partial charge in [-0.25, -0.2) is 9.97 Å². The molecule has 0 saturated carbocycles. The molecular weight excluding hydrogens is 444 g/mol. The fourth-order valence-corrected chi connectivity index (χ4v) is 3.78. The van der Waals surface area contributed by atoms with Crippen molar-refractivity contribution in [1.82, 2.24) is 14.5 Å². The molecule has 0 aliphatic rings. The third-order valence-corrected chi connectivity index (χ3v) is 5.48. The first-order chi connectivity index (χ1) is 15.9. The monoisotopic (exact) mass is 466 g/mol. The fraction of sp³-hybridized carbons (Fsp3) is 0.174. The minimum atomic E-state index is -0.611. The number of nitrogens with two attached hydrogens (primary N) is 2. The zero-order valence-electron chi connectivity index (χ0n) is 18.1. The van der Waals surface area contributed by atoms with E-state index < -0.39 is 5.91 Å². The Hall–Kier alpha value is -3.82. The van der Waals surface area contributed by atoms with Crippen LogP contribution in [-0.2, 0) is 0 Å². The summed E-state index contributed by atoms with van der Waals surface area (Å²) >= 11 is 6.14. The minimum Gasteiger partial charge on any atom is -0.493 e. The number of amides is 1. The number of fused-ring (bicyclic) bond motifs is 1. The highest BCUT2D eigenvalue weighted by atomic mass is 35.5. The maximum absolute atomic E-state index is 12.1. The van der Waals surface area contributed by atoms with Crippen molar-refractivity contribution in [2.45, 2.75) is 6.04 Å². The Morgan fingerprint density at radius 1 is 1.15 bits per heavy atom. The van der Waals surface area contributed by atoms with Crippen LogP contribution in [0.3, 0.4) is 0 Å². The van der Waals surface area contributed by atoms with Gasteiger partial charge in [-0.3, -0.25) is 9.36 Å². The number of primary amides is 1. The van der Waals surface area contributed by atoms with Gasteiger partial charge in [0.2, 0.25) is 0 Å². The van der Waals surface area contributed by atoms with Crippen molar-refractivity contribution >= 4 is 34.4 Å². The van der Waals surface area contributed by atoms with Crippen molar-refractivity contribution in [3.8, 4) is 17.3 Å². The molecule has 2 aromatic carbocycles. The van der Waals surface area contributed by atoms with Gasteiger partial charge in [-0.15, -0.1) is 0 Å². The fourth-order valence-electron chi connectivity index (χ4n) is 3.58. The van der Waals surface area contributed by atoms with Crippen LogP contribution in [0, 0.1) is 0 Å². The first-order valence-corrected chi connectivity index (χ1v) is 10.4. The predicted octanol–water partition coefficient (Wildman–Crippen LogP) is 3.30. The topological polar surface area (TPSA) is 130 Å². The molecule has 0 aliphatic heterocycles. The molecule has 10 heteroatoms. The van der Waals surface area contributed by atoms with Crippen molar-refractivity contribution in [3.05, 3.63) is 71.0 Å². The molecule has 2 aromatic heterocycles. The van der Waals surface area contributed by atoms with Gasteiger partial charge in [-0.2, -0.15) is 0 Å². The smallest absolute Gasteiger partial charge is 0.252 e. The van der Waals surface area contributed by atoms with Crippen molar-refractivity contribution < 1.29 is 14.3 Å². The van der Waals surface area contributed by atoms with Gasteiger partial charge in [-0.1, -0.05) is 23.7 Å². The third-order valence-electron chi connectivity index (χ3n) is 5.24. The second-order valence-corrected chi connectivity index (χ2v) is 7.66. The zero-order valence-corrected chi connectivity index (χ0v) is 18.8. The first-order valence-electron chi connectivity index (χ1n) is 10.1. The second kappa shape index (κ2) is 9.35. The van der Waals surface area contributed by atoms with E-state index in [2.05, 4.69) is 15.3 Å². The van der Waals surface area contributed by atoms with Gasteiger partial charge in [0.1, 0.15) is 18.0 Å². The normalized spacial score (nSPS) is 11.9. The number of imidazole rings is 1. The van der Waals surface area contributed by atoms with E-state index in [1.54, 1.807) is 49.4 Å². The van der Waals surface area contributed by atoms with Crippen LogP contribution in [0.15, 0.2) is 54.9 Å². The molecule has 4 rings (SSSR count). The molecule has 0 aliphatic carbocycles. The number of nitrogens with one attached hydrogen (secondary N) is 1. The van der Waals surface area contributed by atoms with Gasteiger partial charge in [0.15, 0.2) is 11.5 Å². The van der Waals surface area contributed by atoms with Crippen LogP contribution in [0.25, 0.3) is 16.9 Å². The number of hydrogen-bond donors (Lipinski definition) is 3. The molecule has 1 amide bonds. The van der Waals surface area contributed by atoms with Gasteiger partial charge in [0.25, 0.3) is 5.91 Å². The first kappa shape index (κ1) is 22.4. The summed E-state index contributed by atoms with van der Waals surface area (Å²) in [5, 5.41) is 3.82. The van der Waals surface area contributed by atoms with Crippen LogP contribution >= 0.6 is 11.6 Å². The number of anilines is 1. The van der Waals surface area contributed by atoms with E-state index in [1.165, 1.54) is 0 Å². The lowest BCUT2D eigenvalue weighted by Gasteiger charge is -2.20. The highest BCUT2D eigenvalue weighted by molar-refractivity contribution is 6.30. The maximum Gasteiger partial charge on any atom is 0.252 e. The number of methoxy groups -OCH3 is 2. The number of aromatic nitrogens is 3. The summed E-state index contributed by atoms with van der Waals surface area (Å²) < 4.78 is 12.6. The quantitative estimate of drug-likeness (QED) is 0.363. The standard InChI is InChI=1S/C23H23ClN6O3/c1-32-19-9-16-18(10-20(19)33-2)30(12-27-16)21-7-6-15(22(26)31)23(29-21)28-17(11-25)13-4-3-5-14(24)8-13/h3-10,12,17H,11,25H2,1-2H3,(H2,26,31)(H,28,29). The molecule has 0 radical (unpaired) electrons. The summed E-state index contributed by atoms with van der Waals surface area (Å²) in [4.78, 5) is 21.2. The number of nitrogens with zero attached hydrogens (tertiary/aromatic N) is 3. The Morgan fingerprint density at radius 2 is 1.91 bits per heavy atom.